The predicted molar refractivity (Wildman–Crippen MR) is 82.9 cm³/mol. The van der Waals surface area contributed by atoms with Crippen LogP contribution >= 0.6 is 11.3 Å². The van der Waals surface area contributed by atoms with Crippen molar-refractivity contribution in [1.29, 1.82) is 5.41 Å². The summed E-state index contributed by atoms with van der Waals surface area (Å²) in [5, 5.41) is 19.0. The fraction of sp³-hybridized carbons (Fsp3) is 0. The van der Waals surface area contributed by atoms with Crippen molar-refractivity contribution < 1.29 is 14.3 Å². The standard InChI is InChI=1S/C14H11FN2O2S.Tl/c15-11-7-13(17)10(6-9(11)14(18)19)12(16)4-3-8-2-1-5-20-8;/h1-7H,(H4,16,17,18,19);/q;+1/p-1/b4-3+;. The van der Waals surface area contributed by atoms with Crippen LogP contribution in [0.25, 0.3) is 6.08 Å². The first kappa shape index (κ1) is 15.8. The summed E-state index contributed by atoms with van der Waals surface area (Å²) in [6.45, 7) is 0. The molecule has 2 aromatic rings. The van der Waals surface area contributed by atoms with E-state index in [1.807, 2.05) is 17.5 Å². The Labute approximate surface area is 140 Å². The number of rotatable bonds is 5. The van der Waals surface area contributed by atoms with Crippen LogP contribution in [0.2, 0.25) is 0 Å². The van der Waals surface area contributed by atoms with Crippen LogP contribution in [0.5, 0.6) is 0 Å². The molecule has 0 unspecified atom stereocenters. The summed E-state index contributed by atoms with van der Waals surface area (Å²) >= 11 is 1.89. The number of thiophene rings is 1. The Morgan fingerprint density at radius 1 is 1.43 bits per heavy atom. The molecule has 1 heterocycles. The van der Waals surface area contributed by atoms with Crippen molar-refractivity contribution in [2.24, 2.45) is 0 Å². The zero-order chi connectivity index (χ0) is 15.4. The van der Waals surface area contributed by atoms with E-state index < -0.39 is 17.3 Å². The summed E-state index contributed by atoms with van der Waals surface area (Å²) in [5.74, 6) is -2.14. The number of hydrogen-bond acceptors (Lipinski definition) is 4. The summed E-state index contributed by atoms with van der Waals surface area (Å²) in [5.41, 5.74) is 0.532. The molecule has 104 valence electrons. The first-order valence-electron chi connectivity index (χ1n) is 5.87. The molecular weight excluding hydrogens is 484 g/mol. The molecule has 0 saturated heterocycles. The number of carboxylic acids is 1. The van der Waals surface area contributed by atoms with Crippen molar-refractivity contribution in [3.8, 4) is 0 Å². The Morgan fingerprint density at radius 2 is 2.19 bits per heavy atom. The quantitative estimate of drug-likeness (QED) is 0.443. The van der Waals surface area contributed by atoms with Gasteiger partial charge in [0.1, 0.15) is 0 Å². The van der Waals surface area contributed by atoms with Crippen LogP contribution in [0, 0.1) is 11.2 Å². The zero-order valence-electron chi connectivity index (χ0n) is 10.8. The number of halogens is 1. The van der Waals surface area contributed by atoms with Crippen LogP contribution in [-0.4, -0.2) is 42.9 Å². The van der Waals surface area contributed by atoms with Gasteiger partial charge in [0, 0.05) is 0 Å². The van der Waals surface area contributed by atoms with Crippen LogP contribution in [0.1, 0.15) is 20.8 Å². The normalized spacial score (nSPS) is 10.7. The molecule has 0 aliphatic rings. The van der Waals surface area contributed by atoms with E-state index in [4.69, 9.17) is 10.5 Å². The van der Waals surface area contributed by atoms with Gasteiger partial charge in [0.2, 0.25) is 0 Å². The summed E-state index contributed by atoms with van der Waals surface area (Å²) in [6.07, 6.45) is 3.35. The Balaban J connectivity index is 2.39. The average Bonchev–Trinajstić information content (AvgIpc) is 2.97. The van der Waals surface area contributed by atoms with E-state index >= 15 is 0 Å². The van der Waals surface area contributed by atoms with Crippen molar-refractivity contribution in [2.45, 2.75) is 0 Å². The van der Waals surface area contributed by atoms with E-state index in [2.05, 4.69) is 3.13 Å². The molecule has 7 heteroatoms. The molecule has 0 spiro atoms. The molecule has 4 nitrogen and oxygen atoms in total. The number of hydrogen-bond donors (Lipinski definition) is 3. The van der Waals surface area contributed by atoms with Crippen molar-refractivity contribution >= 4 is 60.8 Å². The zero-order valence-corrected chi connectivity index (χ0v) is 16.1. The number of carboxylic acid groups (broad SMARTS) is 1. The summed E-state index contributed by atoms with van der Waals surface area (Å²) in [4.78, 5) is 12.0. The summed E-state index contributed by atoms with van der Waals surface area (Å²) < 4.78 is 16.6. The predicted octanol–water partition coefficient (Wildman–Crippen LogP) is 3.16. The number of allylic oxidation sites excluding steroid dienone is 1. The minimum atomic E-state index is -1.34. The van der Waals surface area contributed by atoms with Gasteiger partial charge in [-0.3, -0.25) is 0 Å². The SMILES string of the molecule is N=C(/C=C/c1cccs1)c1cc(C(=O)O)c(F)cc1[NH][Tl]. The van der Waals surface area contributed by atoms with Crippen LogP contribution in [0.15, 0.2) is 35.7 Å². The molecule has 0 aliphatic carbocycles. The van der Waals surface area contributed by atoms with Gasteiger partial charge < -0.3 is 0 Å². The molecule has 0 radical (unpaired) electrons. The molecule has 0 bridgehead atoms. The second-order valence-corrected chi connectivity index (χ2v) is 6.19. The number of aromatic carboxylic acids is 1. The number of nitrogens with one attached hydrogen (secondary N) is 2. The third-order valence-electron chi connectivity index (χ3n) is 2.74. The van der Waals surface area contributed by atoms with Gasteiger partial charge in [-0.25, -0.2) is 0 Å². The Kier molecular flexibility index (Phi) is 5.23. The van der Waals surface area contributed by atoms with Gasteiger partial charge in [0.05, 0.1) is 0 Å². The van der Waals surface area contributed by atoms with Crippen molar-refractivity contribution in [3.63, 3.8) is 0 Å². The van der Waals surface area contributed by atoms with Gasteiger partial charge in [-0.15, -0.1) is 0 Å². The van der Waals surface area contributed by atoms with Gasteiger partial charge >= 0.3 is 141 Å². The van der Waals surface area contributed by atoms with E-state index in [9.17, 15) is 9.18 Å². The summed E-state index contributed by atoms with van der Waals surface area (Å²) in [6, 6.07) is 6.14. The molecule has 1 aromatic carbocycles. The van der Waals surface area contributed by atoms with Crippen LogP contribution < -0.4 is 3.13 Å². The van der Waals surface area contributed by atoms with Gasteiger partial charge in [-0.1, -0.05) is 0 Å². The third-order valence-corrected chi connectivity index (χ3v) is 4.79. The second kappa shape index (κ2) is 6.94. The minimum absolute atomic E-state index is 0.133. The average molecular weight is 494 g/mol. The molecule has 2 rings (SSSR count). The van der Waals surface area contributed by atoms with Crippen LogP contribution in [0.4, 0.5) is 10.1 Å². The Morgan fingerprint density at radius 3 is 2.76 bits per heavy atom. The monoisotopic (exact) mass is 494 g/mol. The van der Waals surface area contributed by atoms with Gasteiger partial charge in [-0.05, 0) is 0 Å². The number of benzene rings is 1. The fourth-order valence-electron chi connectivity index (χ4n) is 1.72. The molecule has 3 N–H and O–H groups in total. The van der Waals surface area contributed by atoms with E-state index in [0.717, 1.165) is 10.9 Å². The molecule has 0 amide bonds. The van der Waals surface area contributed by atoms with E-state index in [0.29, 0.717) is 37.3 Å². The molecular formula is C14H10FN2O2STl. The third kappa shape index (κ3) is 3.76. The first-order valence-corrected chi connectivity index (χ1v) is 8.99. The van der Waals surface area contributed by atoms with E-state index in [1.165, 1.54) is 17.4 Å². The van der Waals surface area contributed by atoms with Crippen molar-refractivity contribution in [1.82, 2.24) is 0 Å². The van der Waals surface area contributed by atoms with Crippen LogP contribution in [0.3, 0.4) is 0 Å². The Hall–Kier alpha value is -1.55. The topological polar surface area (TPSA) is 73.2 Å². The summed E-state index contributed by atoms with van der Waals surface area (Å²) in [7, 11) is 0. The van der Waals surface area contributed by atoms with Crippen molar-refractivity contribution in [3.05, 3.63) is 57.5 Å². The number of carbonyl (C=O) groups is 1. The maximum atomic E-state index is 13.7. The van der Waals surface area contributed by atoms with Gasteiger partial charge in [-0.2, -0.15) is 0 Å². The van der Waals surface area contributed by atoms with E-state index in [1.54, 1.807) is 12.2 Å². The molecule has 0 aliphatic heterocycles. The Bertz CT molecular complexity index is 714. The number of anilines is 1. The molecule has 0 fully saturated rings. The van der Waals surface area contributed by atoms with Crippen molar-refractivity contribution in [2.75, 3.05) is 3.13 Å². The molecule has 0 saturated carbocycles. The molecule has 0 atom stereocenters. The molecule has 1 aromatic heterocycles. The van der Waals surface area contributed by atoms with Gasteiger partial charge in [0.15, 0.2) is 0 Å². The van der Waals surface area contributed by atoms with Crippen LogP contribution in [-0.2, 0) is 0 Å². The fourth-order valence-corrected chi connectivity index (χ4v) is 3.27. The van der Waals surface area contributed by atoms with Gasteiger partial charge in [0.25, 0.3) is 0 Å². The van der Waals surface area contributed by atoms with E-state index in [-0.39, 0.29) is 5.71 Å². The first-order chi connectivity index (χ1) is 10.0. The maximum absolute atomic E-state index is 13.7. The molecule has 21 heavy (non-hydrogen) atoms. The second-order valence-electron chi connectivity index (χ2n) is 4.09.